The van der Waals surface area contributed by atoms with Gasteiger partial charge < -0.3 is 10.2 Å². The highest BCUT2D eigenvalue weighted by atomic mass is 32.2. The minimum Gasteiger partial charge on any atom is -0.351 e. The summed E-state index contributed by atoms with van der Waals surface area (Å²) >= 11 is 0. The number of nitrogens with one attached hydrogen (secondary N) is 1. The number of carbonyl (C=O) groups excluding carboxylic acids is 2. The Morgan fingerprint density at radius 3 is 2.73 bits per heavy atom. The Hall–Kier alpha value is -1.89. The third-order valence-electron chi connectivity index (χ3n) is 3.77. The SMILES string of the molecule is C[C@@H](C(=O)NCc1cccc(N2CCCC2=O)c1)S(C)(=O)=O. The van der Waals surface area contributed by atoms with Gasteiger partial charge in [-0.3, -0.25) is 9.59 Å². The van der Waals surface area contributed by atoms with Gasteiger partial charge in [-0.05, 0) is 31.0 Å². The van der Waals surface area contributed by atoms with Gasteiger partial charge in [0.05, 0.1) is 0 Å². The topological polar surface area (TPSA) is 83.6 Å². The third kappa shape index (κ3) is 3.85. The number of benzene rings is 1. The zero-order chi connectivity index (χ0) is 16.3. The van der Waals surface area contributed by atoms with Crippen LogP contribution in [0.5, 0.6) is 0 Å². The first-order valence-corrected chi connectivity index (χ1v) is 9.10. The van der Waals surface area contributed by atoms with E-state index in [0.29, 0.717) is 13.0 Å². The van der Waals surface area contributed by atoms with Crippen LogP contribution in [0.1, 0.15) is 25.3 Å². The predicted octanol–water partition coefficient (Wildman–Crippen LogP) is 0.863. The van der Waals surface area contributed by atoms with Gasteiger partial charge in [-0.15, -0.1) is 0 Å². The average Bonchev–Trinajstić information content (AvgIpc) is 2.89. The molecule has 2 amide bonds. The summed E-state index contributed by atoms with van der Waals surface area (Å²) in [7, 11) is -3.40. The number of carbonyl (C=O) groups is 2. The quantitative estimate of drug-likeness (QED) is 0.871. The first-order valence-electron chi connectivity index (χ1n) is 7.15. The molecular formula is C15H20N2O4S. The second kappa shape index (κ2) is 6.48. The van der Waals surface area contributed by atoms with Crippen LogP contribution in [-0.4, -0.2) is 38.3 Å². The molecule has 1 N–H and O–H groups in total. The molecule has 1 aliphatic rings. The van der Waals surface area contributed by atoms with Crippen molar-refractivity contribution >= 4 is 27.3 Å². The molecule has 0 aliphatic carbocycles. The van der Waals surface area contributed by atoms with E-state index in [-0.39, 0.29) is 12.5 Å². The van der Waals surface area contributed by atoms with Gasteiger partial charge in [-0.25, -0.2) is 8.42 Å². The Bertz CT molecular complexity index is 685. The van der Waals surface area contributed by atoms with E-state index in [2.05, 4.69) is 5.32 Å². The number of amides is 2. The molecule has 1 aromatic rings. The van der Waals surface area contributed by atoms with E-state index in [1.807, 2.05) is 24.3 Å². The van der Waals surface area contributed by atoms with Gasteiger partial charge in [0, 0.05) is 31.5 Å². The standard InChI is InChI=1S/C15H20N2O4S/c1-11(22(2,20)21)15(19)16-10-12-5-3-6-13(9-12)17-8-4-7-14(17)18/h3,5-6,9,11H,4,7-8,10H2,1-2H3,(H,16,19)/t11-/m0/s1. The van der Waals surface area contributed by atoms with Crippen LogP contribution >= 0.6 is 0 Å². The Morgan fingerprint density at radius 2 is 2.14 bits per heavy atom. The lowest BCUT2D eigenvalue weighted by atomic mass is 10.2. The van der Waals surface area contributed by atoms with Crippen molar-refractivity contribution < 1.29 is 18.0 Å². The molecule has 0 aromatic heterocycles. The van der Waals surface area contributed by atoms with Crippen molar-refractivity contribution in [3.05, 3.63) is 29.8 Å². The van der Waals surface area contributed by atoms with Gasteiger partial charge in [0.15, 0.2) is 9.84 Å². The molecule has 22 heavy (non-hydrogen) atoms. The highest BCUT2D eigenvalue weighted by Crippen LogP contribution is 2.22. The monoisotopic (exact) mass is 324 g/mol. The van der Waals surface area contributed by atoms with E-state index in [9.17, 15) is 18.0 Å². The van der Waals surface area contributed by atoms with Gasteiger partial charge >= 0.3 is 0 Å². The van der Waals surface area contributed by atoms with Gasteiger partial charge in [0.2, 0.25) is 11.8 Å². The summed E-state index contributed by atoms with van der Waals surface area (Å²) in [5.41, 5.74) is 1.64. The number of anilines is 1. The number of hydrogen-bond donors (Lipinski definition) is 1. The molecule has 2 rings (SSSR count). The molecule has 1 atom stereocenters. The summed E-state index contributed by atoms with van der Waals surface area (Å²) in [5, 5.41) is 1.54. The maximum absolute atomic E-state index is 11.8. The molecule has 1 aliphatic heterocycles. The molecule has 0 radical (unpaired) electrons. The van der Waals surface area contributed by atoms with Crippen molar-refractivity contribution in [2.24, 2.45) is 0 Å². The lowest BCUT2D eigenvalue weighted by Gasteiger charge is -2.17. The van der Waals surface area contributed by atoms with Crippen molar-refractivity contribution in [1.82, 2.24) is 5.32 Å². The molecule has 1 aromatic carbocycles. The van der Waals surface area contributed by atoms with Gasteiger partial charge in [0.25, 0.3) is 0 Å². The fourth-order valence-corrected chi connectivity index (χ4v) is 2.76. The number of nitrogens with zero attached hydrogens (tertiary/aromatic N) is 1. The van der Waals surface area contributed by atoms with E-state index in [0.717, 1.165) is 23.9 Å². The van der Waals surface area contributed by atoms with Crippen LogP contribution in [0, 0.1) is 0 Å². The van der Waals surface area contributed by atoms with Crippen molar-refractivity contribution in [2.75, 3.05) is 17.7 Å². The van der Waals surface area contributed by atoms with Crippen LogP contribution < -0.4 is 10.2 Å². The minimum atomic E-state index is -3.40. The Labute approximate surface area is 130 Å². The summed E-state index contributed by atoms with van der Waals surface area (Å²) < 4.78 is 22.7. The second-order valence-corrected chi connectivity index (χ2v) is 7.87. The van der Waals surface area contributed by atoms with Crippen molar-refractivity contribution in [3.8, 4) is 0 Å². The maximum atomic E-state index is 11.8. The van der Waals surface area contributed by atoms with Crippen LogP contribution in [0.2, 0.25) is 0 Å². The van der Waals surface area contributed by atoms with Crippen molar-refractivity contribution in [1.29, 1.82) is 0 Å². The summed E-state index contributed by atoms with van der Waals surface area (Å²) in [5.74, 6) is -0.419. The number of sulfone groups is 1. The highest BCUT2D eigenvalue weighted by molar-refractivity contribution is 7.92. The van der Waals surface area contributed by atoms with Crippen LogP contribution in [0.25, 0.3) is 0 Å². The van der Waals surface area contributed by atoms with E-state index >= 15 is 0 Å². The molecule has 1 saturated heterocycles. The summed E-state index contributed by atoms with van der Waals surface area (Å²) in [6.07, 6.45) is 2.45. The first kappa shape index (κ1) is 16.5. The highest BCUT2D eigenvalue weighted by Gasteiger charge is 2.24. The molecule has 0 unspecified atom stereocenters. The maximum Gasteiger partial charge on any atom is 0.238 e. The Kier molecular flexibility index (Phi) is 4.85. The molecule has 0 saturated carbocycles. The normalized spacial score (nSPS) is 16.6. The van der Waals surface area contributed by atoms with Crippen LogP contribution in [0.3, 0.4) is 0 Å². The second-order valence-electron chi connectivity index (χ2n) is 5.51. The number of hydrogen-bond acceptors (Lipinski definition) is 4. The molecular weight excluding hydrogens is 304 g/mol. The van der Waals surface area contributed by atoms with Gasteiger partial charge in [-0.2, -0.15) is 0 Å². The lowest BCUT2D eigenvalue weighted by molar-refractivity contribution is -0.120. The zero-order valence-corrected chi connectivity index (χ0v) is 13.5. The zero-order valence-electron chi connectivity index (χ0n) is 12.7. The molecule has 1 fully saturated rings. The van der Waals surface area contributed by atoms with E-state index in [1.165, 1.54) is 6.92 Å². The fraction of sp³-hybridized carbons (Fsp3) is 0.467. The fourth-order valence-electron chi connectivity index (χ4n) is 2.28. The van der Waals surface area contributed by atoms with E-state index in [4.69, 9.17) is 0 Å². The van der Waals surface area contributed by atoms with Gasteiger partial charge in [-0.1, -0.05) is 12.1 Å². The summed E-state index contributed by atoms with van der Waals surface area (Å²) in [4.78, 5) is 25.3. The lowest BCUT2D eigenvalue weighted by Crippen LogP contribution is -2.37. The molecule has 0 bridgehead atoms. The average molecular weight is 324 g/mol. The smallest absolute Gasteiger partial charge is 0.238 e. The molecule has 6 nitrogen and oxygen atoms in total. The van der Waals surface area contributed by atoms with E-state index < -0.39 is 21.0 Å². The molecule has 120 valence electrons. The van der Waals surface area contributed by atoms with Gasteiger partial charge in [0.1, 0.15) is 5.25 Å². The predicted molar refractivity (Wildman–Crippen MR) is 84.2 cm³/mol. The first-order chi connectivity index (χ1) is 10.3. The largest absolute Gasteiger partial charge is 0.351 e. The van der Waals surface area contributed by atoms with Crippen LogP contribution in [-0.2, 0) is 26.0 Å². The molecule has 1 heterocycles. The van der Waals surface area contributed by atoms with Crippen LogP contribution in [0.4, 0.5) is 5.69 Å². The van der Waals surface area contributed by atoms with Crippen molar-refractivity contribution in [2.45, 2.75) is 31.6 Å². The Balaban J connectivity index is 2.02. The number of rotatable bonds is 5. The molecule has 7 heteroatoms. The minimum absolute atomic E-state index is 0.104. The Morgan fingerprint density at radius 1 is 1.41 bits per heavy atom. The summed E-state index contributed by atoms with van der Waals surface area (Å²) in [6, 6.07) is 7.35. The molecule has 0 spiro atoms. The van der Waals surface area contributed by atoms with E-state index in [1.54, 1.807) is 4.90 Å². The van der Waals surface area contributed by atoms with Crippen molar-refractivity contribution in [3.63, 3.8) is 0 Å². The summed E-state index contributed by atoms with van der Waals surface area (Å²) in [6.45, 7) is 2.30. The van der Waals surface area contributed by atoms with Crippen LogP contribution in [0.15, 0.2) is 24.3 Å². The third-order valence-corrected chi connectivity index (χ3v) is 5.27.